The van der Waals surface area contributed by atoms with Crippen molar-refractivity contribution in [1.82, 2.24) is 10.6 Å². The number of rotatable bonds is 8. The van der Waals surface area contributed by atoms with Gasteiger partial charge in [0.15, 0.2) is 17.5 Å². The molecule has 0 aromatic heterocycles. The fourth-order valence-electron chi connectivity index (χ4n) is 3.71. The Morgan fingerprint density at radius 2 is 2.00 bits per heavy atom. The zero-order valence-corrected chi connectivity index (χ0v) is 21.1. The summed E-state index contributed by atoms with van der Waals surface area (Å²) in [5, 5.41) is 17.0. The number of alkyl halides is 2. The average Bonchev–Trinajstić information content (AvgIpc) is 2.79. The van der Waals surface area contributed by atoms with Gasteiger partial charge in [0.1, 0.15) is 5.75 Å². The maximum absolute atomic E-state index is 12.4. The van der Waals surface area contributed by atoms with Gasteiger partial charge < -0.3 is 30.1 Å². The van der Waals surface area contributed by atoms with E-state index in [1.54, 1.807) is 30.3 Å². The Labute approximate surface area is 210 Å². The third-order valence-corrected chi connectivity index (χ3v) is 5.24. The van der Waals surface area contributed by atoms with E-state index in [0.717, 1.165) is 31.6 Å². The molecule has 1 atom stereocenters. The number of hydrogen-bond donors (Lipinski definition) is 3. The summed E-state index contributed by atoms with van der Waals surface area (Å²) >= 11 is 0. The molecule has 0 spiro atoms. The first kappa shape index (κ1) is 26.7. The van der Waals surface area contributed by atoms with E-state index in [2.05, 4.69) is 25.3 Å². The third-order valence-electron chi connectivity index (χ3n) is 5.24. The van der Waals surface area contributed by atoms with Gasteiger partial charge in [-0.25, -0.2) is 4.99 Å². The van der Waals surface area contributed by atoms with Gasteiger partial charge in [-0.05, 0) is 50.1 Å². The van der Waals surface area contributed by atoms with Crippen molar-refractivity contribution < 1.29 is 23.4 Å². The molecule has 7 nitrogen and oxygen atoms in total. The van der Waals surface area contributed by atoms with Crippen molar-refractivity contribution in [2.45, 2.75) is 39.0 Å². The molecular formula is C23H31F2IN4O3. The molecule has 1 aliphatic rings. The molecule has 2 aromatic carbocycles. The van der Waals surface area contributed by atoms with Crippen LogP contribution in [-0.4, -0.2) is 50.5 Å². The van der Waals surface area contributed by atoms with Crippen molar-refractivity contribution in [3.05, 3.63) is 48.0 Å². The minimum Gasteiger partial charge on any atom is -0.504 e. The second-order valence-corrected chi connectivity index (χ2v) is 7.47. The molecule has 2 aromatic rings. The van der Waals surface area contributed by atoms with E-state index in [9.17, 15) is 13.9 Å². The molecule has 0 radical (unpaired) electrons. The number of benzene rings is 2. The van der Waals surface area contributed by atoms with E-state index in [4.69, 9.17) is 4.74 Å². The highest BCUT2D eigenvalue weighted by Crippen LogP contribution is 2.29. The van der Waals surface area contributed by atoms with Crippen LogP contribution >= 0.6 is 24.0 Å². The number of anilines is 1. The molecule has 33 heavy (non-hydrogen) atoms. The summed E-state index contributed by atoms with van der Waals surface area (Å²) in [7, 11) is 1.52. The van der Waals surface area contributed by atoms with Crippen LogP contribution in [0, 0.1) is 0 Å². The van der Waals surface area contributed by atoms with Crippen LogP contribution in [0.5, 0.6) is 17.2 Å². The van der Waals surface area contributed by atoms with Gasteiger partial charge in [0.05, 0.1) is 13.7 Å². The molecular weight excluding hydrogens is 545 g/mol. The number of piperidine rings is 1. The number of aromatic hydroxyl groups is 1. The van der Waals surface area contributed by atoms with Gasteiger partial charge in [-0.15, -0.1) is 24.0 Å². The first-order chi connectivity index (χ1) is 15.5. The van der Waals surface area contributed by atoms with Gasteiger partial charge in [-0.2, -0.15) is 8.78 Å². The first-order valence-electron chi connectivity index (χ1n) is 10.7. The Bertz CT molecular complexity index is 900. The number of ether oxygens (including phenoxy) is 2. The first-order valence-corrected chi connectivity index (χ1v) is 10.7. The topological polar surface area (TPSA) is 78.4 Å². The number of nitrogens with zero attached hydrogens (tertiary/aromatic N) is 2. The lowest BCUT2D eigenvalue weighted by molar-refractivity contribution is -0.0498. The smallest absolute Gasteiger partial charge is 0.387 e. The second kappa shape index (κ2) is 13.3. The highest BCUT2D eigenvalue weighted by atomic mass is 127. The summed E-state index contributed by atoms with van der Waals surface area (Å²) in [5.74, 6) is 1.33. The van der Waals surface area contributed by atoms with Gasteiger partial charge >= 0.3 is 6.61 Å². The fourth-order valence-corrected chi connectivity index (χ4v) is 3.71. The molecule has 0 saturated carbocycles. The summed E-state index contributed by atoms with van der Waals surface area (Å²) < 4.78 is 34.3. The van der Waals surface area contributed by atoms with Crippen LogP contribution in [0.2, 0.25) is 0 Å². The lowest BCUT2D eigenvalue weighted by Gasteiger charge is -2.35. The predicted molar refractivity (Wildman–Crippen MR) is 136 cm³/mol. The number of para-hydroxylation sites is 1. The van der Waals surface area contributed by atoms with Crippen LogP contribution in [0.15, 0.2) is 47.5 Å². The Morgan fingerprint density at radius 3 is 2.67 bits per heavy atom. The van der Waals surface area contributed by atoms with Crippen molar-refractivity contribution >= 4 is 35.6 Å². The van der Waals surface area contributed by atoms with Gasteiger partial charge in [0.2, 0.25) is 0 Å². The van der Waals surface area contributed by atoms with E-state index >= 15 is 0 Å². The molecule has 0 amide bonds. The van der Waals surface area contributed by atoms with Crippen molar-refractivity contribution in [2.75, 3.05) is 31.6 Å². The van der Waals surface area contributed by atoms with Crippen molar-refractivity contribution in [3.63, 3.8) is 0 Å². The Balaban J connectivity index is 0.00000385. The summed E-state index contributed by atoms with van der Waals surface area (Å²) in [4.78, 5) is 6.84. The molecule has 1 fully saturated rings. The van der Waals surface area contributed by atoms with Crippen molar-refractivity contribution in [1.29, 1.82) is 0 Å². The molecule has 1 heterocycles. The highest BCUT2D eigenvalue weighted by Gasteiger charge is 2.21. The van der Waals surface area contributed by atoms with Crippen molar-refractivity contribution in [2.24, 2.45) is 4.99 Å². The third kappa shape index (κ3) is 7.79. The van der Waals surface area contributed by atoms with Crippen LogP contribution in [0.1, 0.15) is 25.3 Å². The molecule has 182 valence electrons. The number of aliphatic imine (C=N–C) groups is 1. The van der Waals surface area contributed by atoms with Gasteiger partial charge in [0, 0.05) is 36.9 Å². The fraction of sp³-hybridized carbons (Fsp3) is 0.435. The SMILES string of the molecule is CCNC(=NCc1cccc(OC)c1O)NC1CCCN(c2ccc(OC(F)F)cc2)C1.I. The average molecular weight is 576 g/mol. The Kier molecular flexibility index (Phi) is 10.8. The summed E-state index contributed by atoms with van der Waals surface area (Å²) in [5.41, 5.74) is 1.64. The lowest BCUT2D eigenvalue weighted by atomic mass is 10.0. The molecule has 1 aliphatic heterocycles. The number of methoxy groups -OCH3 is 1. The second-order valence-electron chi connectivity index (χ2n) is 7.47. The summed E-state index contributed by atoms with van der Waals surface area (Å²) in [6.45, 7) is 1.82. The zero-order valence-electron chi connectivity index (χ0n) is 18.8. The molecule has 10 heteroatoms. The molecule has 0 aliphatic carbocycles. The monoisotopic (exact) mass is 576 g/mol. The largest absolute Gasteiger partial charge is 0.504 e. The standard InChI is InChI=1S/C23H30F2N4O3.HI/c1-3-26-23(27-14-16-6-4-8-20(31-2)21(16)30)28-17-7-5-13-29(15-17)18-9-11-19(12-10-18)32-22(24)25;/h4,6,8-12,17,22,30H,3,5,7,13-15H2,1-2H3,(H2,26,27,28);1H. The molecule has 1 unspecified atom stereocenters. The maximum atomic E-state index is 12.4. The van der Waals surface area contributed by atoms with E-state index in [1.807, 2.05) is 19.1 Å². The van der Waals surface area contributed by atoms with Crippen LogP contribution in [0.3, 0.4) is 0 Å². The quantitative estimate of drug-likeness (QED) is 0.247. The van der Waals surface area contributed by atoms with Crippen LogP contribution in [0.25, 0.3) is 0 Å². The Hall–Kier alpha value is -2.50. The van der Waals surface area contributed by atoms with Crippen LogP contribution < -0.4 is 25.0 Å². The molecule has 0 bridgehead atoms. The molecule has 3 N–H and O–H groups in total. The minimum absolute atomic E-state index is 0. The normalized spacial score (nSPS) is 16.2. The zero-order chi connectivity index (χ0) is 22.9. The minimum atomic E-state index is -2.83. The van der Waals surface area contributed by atoms with E-state index in [-0.39, 0.29) is 41.5 Å². The Morgan fingerprint density at radius 1 is 1.24 bits per heavy atom. The summed E-state index contributed by atoms with van der Waals surface area (Å²) in [6.07, 6.45) is 1.97. The number of phenolic OH excluding ortho intramolecular Hbond substituents is 1. The van der Waals surface area contributed by atoms with Gasteiger partial charge in [0.25, 0.3) is 0 Å². The highest BCUT2D eigenvalue weighted by molar-refractivity contribution is 14.0. The van der Waals surface area contributed by atoms with Crippen LogP contribution in [0.4, 0.5) is 14.5 Å². The molecule has 1 saturated heterocycles. The number of nitrogens with one attached hydrogen (secondary N) is 2. The molecule has 3 rings (SSSR count). The number of phenols is 1. The van der Waals surface area contributed by atoms with E-state index < -0.39 is 6.61 Å². The predicted octanol–water partition coefficient (Wildman–Crippen LogP) is 4.34. The van der Waals surface area contributed by atoms with E-state index in [1.165, 1.54) is 7.11 Å². The number of hydrogen-bond acceptors (Lipinski definition) is 5. The van der Waals surface area contributed by atoms with Crippen LogP contribution in [-0.2, 0) is 6.54 Å². The number of guanidine groups is 1. The lowest BCUT2D eigenvalue weighted by Crippen LogP contribution is -2.51. The summed E-state index contributed by atoms with van der Waals surface area (Å²) in [6, 6.07) is 12.2. The van der Waals surface area contributed by atoms with E-state index in [0.29, 0.717) is 30.4 Å². The maximum Gasteiger partial charge on any atom is 0.387 e. The van der Waals surface area contributed by atoms with Gasteiger partial charge in [-0.1, -0.05) is 12.1 Å². The van der Waals surface area contributed by atoms with Gasteiger partial charge in [-0.3, -0.25) is 0 Å². The van der Waals surface area contributed by atoms with Crippen molar-refractivity contribution in [3.8, 4) is 17.2 Å². The number of halogens is 3.